The van der Waals surface area contributed by atoms with Gasteiger partial charge in [-0.1, -0.05) is 11.8 Å². The topological polar surface area (TPSA) is 43.7 Å². The van der Waals surface area contributed by atoms with Crippen molar-refractivity contribution >= 4 is 11.3 Å². The fraction of sp³-hybridized carbons (Fsp3) is 0.571. The van der Waals surface area contributed by atoms with Gasteiger partial charge in [-0.25, -0.2) is 0 Å². The summed E-state index contributed by atoms with van der Waals surface area (Å²) in [6.45, 7) is 4.77. The Balaban J connectivity index is 1.89. The lowest BCUT2D eigenvalue weighted by Gasteiger charge is -2.16. The number of hydrogen-bond donors (Lipinski definition) is 2. The number of rotatable bonds is 3. The summed E-state index contributed by atoms with van der Waals surface area (Å²) in [5.74, 6) is 5.99. The van der Waals surface area contributed by atoms with Crippen molar-refractivity contribution in [2.45, 2.75) is 26.0 Å². The number of thiophene rings is 1. The maximum absolute atomic E-state index is 9.57. The molecule has 0 spiro atoms. The second-order valence-electron chi connectivity index (χ2n) is 4.79. The molecule has 0 aromatic carbocycles. The van der Waals surface area contributed by atoms with Crippen LogP contribution in [0.3, 0.4) is 0 Å². The summed E-state index contributed by atoms with van der Waals surface area (Å²) in [7, 11) is 0. The maximum atomic E-state index is 9.57. The third-order valence-corrected chi connectivity index (χ3v) is 4.26. The van der Waals surface area contributed by atoms with Crippen molar-refractivity contribution in [3.63, 3.8) is 0 Å². The first-order valence-electron chi connectivity index (χ1n) is 6.26. The number of aliphatic hydroxyl groups excluding tert-OH is 2. The van der Waals surface area contributed by atoms with Crippen LogP contribution in [-0.4, -0.2) is 40.9 Å². The average molecular weight is 265 g/mol. The van der Waals surface area contributed by atoms with E-state index in [2.05, 4.69) is 22.8 Å². The molecule has 1 aliphatic heterocycles. The molecule has 0 saturated carbocycles. The molecule has 1 saturated heterocycles. The van der Waals surface area contributed by atoms with Crippen LogP contribution in [0.15, 0.2) is 11.4 Å². The van der Waals surface area contributed by atoms with Crippen LogP contribution in [0.4, 0.5) is 0 Å². The van der Waals surface area contributed by atoms with Crippen molar-refractivity contribution < 1.29 is 10.2 Å². The monoisotopic (exact) mass is 265 g/mol. The first kappa shape index (κ1) is 13.6. The van der Waals surface area contributed by atoms with Crippen LogP contribution in [0.1, 0.15) is 23.8 Å². The molecule has 0 radical (unpaired) electrons. The summed E-state index contributed by atoms with van der Waals surface area (Å²) in [6, 6.07) is 2.09. The summed E-state index contributed by atoms with van der Waals surface area (Å²) >= 11 is 1.71. The molecule has 1 aliphatic rings. The van der Waals surface area contributed by atoms with Crippen LogP contribution >= 0.6 is 11.3 Å². The van der Waals surface area contributed by atoms with Gasteiger partial charge in [0.15, 0.2) is 0 Å². The molecule has 1 aromatic heterocycles. The van der Waals surface area contributed by atoms with Crippen LogP contribution in [0.5, 0.6) is 0 Å². The predicted molar refractivity (Wildman–Crippen MR) is 73.3 cm³/mol. The van der Waals surface area contributed by atoms with Gasteiger partial charge in [-0.2, -0.15) is 0 Å². The van der Waals surface area contributed by atoms with E-state index < -0.39 is 0 Å². The van der Waals surface area contributed by atoms with E-state index in [4.69, 9.17) is 5.11 Å². The second-order valence-corrected chi connectivity index (χ2v) is 5.78. The van der Waals surface area contributed by atoms with E-state index in [-0.39, 0.29) is 12.7 Å². The molecule has 98 valence electrons. The Kier molecular flexibility index (Phi) is 4.79. The fourth-order valence-electron chi connectivity index (χ4n) is 2.29. The summed E-state index contributed by atoms with van der Waals surface area (Å²) in [4.78, 5) is 3.68. The van der Waals surface area contributed by atoms with E-state index in [1.165, 1.54) is 4.88 Å². The van der Waals surface area contributed by atoms with Crippen LogP contribution < -0.4 is 0 Å². The molecule has 2 unspecified atom stereocenters. The number of hydrogen-bond acceptors (Lipinski definition) is 4. The lowest BCUT2D eigenvalue weighted by Crippen LogP contribution is -2.23. The van der Waals surface area contributed by atoms with Crippen molar-refractivity contribution in [3.8, 4) is 11.8 Å². The third-order valence-electron chi connectivity index (χ3n) is 3.34. The SMILES string of the molecule is CC(O)C1CCN(Cc2cc(C#CCO)cs2)C1. The van der Waals surface area contributed by atoms with Gasteiger partial charge in [0.25, 0.3) is 0 Å². The van der Waals surface area contributed by atoms with Gasteiger partial charge in [-0.15, -0.1) is 11.3 Å². The third kappa shape index (κ3) is 3.56. The van der Waals surface area contributed by atoms with E-state index in [1.807, 2.05) is 12.3 Å². The molecule has 2 atom stereocenters. The first-order chi connectivity index (χ1) is 8.69. The van der Waals surface area contributed by atoms with Gasteiger partial charge < -0.3 is 10.2 Å². The second kappa shape index (κ2) is 6.35. The highest BCUT2D eigenvalue weighted by atomic mass is 32.1. The minimum Gasteiger partial charge on any atom is -0.393 e. The zero-order valence-corrected chi connectivity index (χ0v) is 11.4. The maximum Gasteiger partial charge on any atom is 0.104 e. The van der Waals surface area contributed by atoms with E-state index in [1.54, 1.807) is 11.3 Å². The van der Waals surface area contributed by atoms with Crippen LogP contribution in [0, 0.1) is 17.8 Å². The molecule has 4 heteroatoms. The number of nitrogens with zero attached hydrogens (tertiary/aromatic N) is 1. The van der Waals surface area contributed by atoms with Crippen LogP contribution in [-0.2, 0) is 6.54 Å². The Labute approximate surface area is 112 Å². The molecular weight excluding hydrogens is 246 g/mol. The lowest BCUT2D eigenvalue weighted by molar-refractivity contribution is 0.127. The Bertz CT molecular complexity index is 444. The minimum atomic E-state index is -0.204. The zero-order valence-electron chi connectivity index (χ0n) is 10.6. The van der Waals surface area contributed by atoms with Crippen molar-refractivity contribution in [2.24, 2.45) is 5.92 Å². The van der Waals surface area contributed by atoms with Gasteiger partial charge in [0.05, 0.1) is 6.10 Å². The van der Waals surface area contributed by atoms with Crippen LogP contribution in [0.25, 0.3) is 0 Å². The van der Waals surface area contributed by atoms with Gasteiger partial charge in [-0.05, 0) is 31.9 Å². The summed E-state index contributed by atoms with van der Waals surface area (Å²) in [5.41, 5.74) is 0.982. The molecule has 0 bridgehead atoms. The van der Waals surface area contributed by atoms with Gasteiger partial charge in [-0.3, -0.25) is 4.90 Å². The Hall–Kier alpha value is -0.860. The summed E-state index contributed by atoms with van der Waals surface area (Å²) in [5, 5.41) is 20.2. The molecule has 2 heterocycles. The largest absolute Gasteiger partial charge is 0.393 e. The van der Waals surface area contributed by atoms with E-state index >= 15 is 0 Å². The lowest BCUT2D eigenvalue weighted by atomic mass is 10.0. The summed E-state index contributed by atoms with van der Waals surface area (Å²) in [6.07, 6.45) is 0.879. The Morgan fingerprint density at radius 3 is 3.11 bits per heavy atom. The number of aliphatic hydroxyl groups is 2. The molecule has 2 N–H and O–H groups in total. The van der Waals surface area contributed by atoms with Crippen molar-refractivity contribution in [3.05, 3.63) is 21.9 Å². The minimum absolute atomic E-state index is 0.0899. The van der Waals surface area contributed by atoms with Gasteiger partial charge in [0.2, 0.25) is 0 Å². The molecule has 0 aliphatic carbocycles. The van der Waals surface area contributed by atoms with Crippen molar-refractivity contribution in [2.75, 3.05) is 19.7 Å². The normalized spacial score (nSPS) is 21.6. The molecular formula is C14H19NO2S. The van der Waals surface area contributed by atoms with Gasteiger partial charge in [0, 0.05) is 28.9 Å². The first-order valence-corrected chi connectivity index (χ1v) is 7.14. The zero-order chi connectivity index (χ0) is 13.0. The average Bonchev–Trinajstić information content (AvgIpc) is 2.96. The van der Waals surface area contributed by atoms with E-state index in [0.29, 0.717) is 5.92 Å². The molecule has 1 fully saturated rings. The van der Waals surface area contributed by atoms with Crippen LogP contribution in [0.2, 0.25) is 0 Å². The smallest absolute Gasteiger partial charge is 0.104 e. The number of likely N-dealkylation sites (tertiary alicyclic amines) is 1. The van der Waals surface area contributed by atoms with Crippen molar-refractivity contribution in [1.82, 2.24) is 4.90 Å². The highest BCUT2D eigenvalue weighted by molar-refractivity contribution is 7.10. The summed E-state index contributed by atoms with van der Waals surface area (Å²) < 4.78 is 0. The van der Waals surface area contributed by atoms with E-state index in [9.17, 15) is 5.11 Å². The standard InChI is InChI=1S/C14H19NO2S/c1-11(17)13-4-5-15(8-13)9-14-7-12(10-18-14)3-2-6-16/h7,10-11,13,16-17H,4-6,8-9H2,1H3. The highest BCUT2D eigenvalue weighted by Crippen LogP contribution is 2.23. The van der Waals surface area contributed by atoms with E-state index in [0.717, 1.165) is 31.6 Å². The van der Waals surface area contributed by atoms with Gasteiger partial charge >= 0.3 is 0 Å². The highest BCUT2D eigenvalue weighted by Gasteiger charge is 2.25. The Morgan fingerprint density at radius 2 is 2.44 bits per heavy atom. The quantitative estimate of drug-likeness (QED) is 0.810. The fourth-order valence-corrected chi connectivity index (χ4v) is 3.15. The molecule has 1 aromatic rings. The Morgan fingerprint density at radius 1 is 1.61 bits per heavy atom. The molecule has 3 nitrogen and oxygen atoms in total. The predicted octanol–water partition coefficient (Wildman–Crippen LogP) is 1.29. The molecule has 0 amide bonds. The molecule has 18 heavy (non-hydrogen) atoms. The van der Waals surface area contributed by atoms with Crippen molar-refractivity contribution in [1.29, 1.82) is 0 Å². The molecule has 2 rings (SSSR count). The van der Waals surface area contributed by atoms with Gasteiger partial charge in [0.1, 0.15) is 6.61 Å².